The molecule has 112 valence electrons. The molecule has 1 aromatic rings. The lowest BCUT2D eigenvalue weighted by atomic mass is 10.1. The lowest BCUT2D eigenvalue weighted by Gasteiger charge is -2.23. The highest BCUT2D eigenvalue weighted by Gasteiger charge is 2.21. The molecule has 0 atom stereocenters. The predicted molar refractivity (Wildman–Crippen MR) is 75.9 cm³/mol. The topological polar surface area (TPSA) is 54.5 Å². The highest BCUT2D eigenvalue weighted by molar-refractivity contribution is 8.13. The molecule has 0 N–H and O–H groups in total. The number of hydrogen-bond donors (Lipinski definition) is 0. The van der Waals surface area contributed by atoms with Crippen molar-refractivity contribution in [2.24, 2.45) is 5.92 Å². The molecule has 20 heavy (non-hydrogen) atoms. The Morgan fingerprint density at radius 3 is 2.45 bits per heavy atom. The average Bonchev–Trinajstić information content (AvgIpc) is 2.34. The molecule has 0 fully saturated rings. The molecule has 0 aliphatic carbocycles. The number of nitrogens with zero attached hydrogens (tertiary/aromatic N) is 1. The first-order valence-electron chi connectivity index (χ1n) is 6.20. The van der Waals surface area contributed by atoms with Crippen molar-refractivity contribution in [2.75, 3.05) is 13.1 Å². The fraction of sp³-hybridized carbons (Fsp3) is 0.462. The minimum absolute atomic E-state index is 0.224. The van der Waals surface area contributed by atoms with Gasteiger partial charge in [-0.25, -0.2) is 12.8 Å². The van der Waals surface area contributed by atoms with E-state index in [1.54, 1.807) is 6.92 Å². The van der Waals surface area contributed by atoms with E-state index in [2.05, 4.69) is 0 Å². The second-order valence-electron chi connectivity index (χ2n) is 4.82. The predicted octanol–water partition coefficient (Wildman–Crippen LogP) is 2.87. The largest absolute Gasteiger partial charge is 0.339 e. The van der Waals surface area contributed by atoms with Crippen molar-refractivity contribution >= 4 is 25.6 Å². The molecule has 1 rings (SSSR count). The fourth-order valence-electron chi connectivity index (χ4n) is 1.79. The zero-order valence-electron chi connectivity index (χ0n) is 11.6. The molecule has 0 heterocycles. The van der Waals surface area contributed by atoms with E-state index in [0.717, 1.165) is 18.2 Å². The van der Waals surface area contributed by atoms with E-state index in [1.807, 2.05) is 13.8 Å². The Labute approximate surface area is 123 Å². The van der Waals surface area contributed by atoms with Crippen LogP contribution in [0.25, 0.3) is 0 Å². The van der Waals surface area contributed by atoms with Crippen molar-refractivity contribution in [3.8, 4) is 0 Å². The van der Waals surface area contributed by atoms with Crippen LogP contribution in [0.5, 0.6) is 0 Å². The van der Waals surface area contributed by atoms with Crippen LogP contribution in [-0.2, 0) is 9.05 Å². The quantitative estimate of drug-likeness (QED) is 0.784. The van der Waals surface area contributed by atoms with Gasteiger partial charge in [0.25, 0.3) is 15.0 Å². The summed E-state index contributed by atoms with van der Waals surface area (Å²) in [7, 11) is 1.21. The first-order chi connectivity index (χ1) is 9.16. The van der Waals surface area contributed by atoms with E-state index in [0.29, 0.717) is 13.1 Å². The number of amides is 1. The first-order valence-corrected chi connectivity index (χ1v) is 8.51. The maximum atomic E-state index is 13.8. The van der Waals surface area contributed by atoms with Gasteiger partial charge in [0.1, 0.15) is 5.82 Å². The fourth-order valence-corrected chi connectivity index (χ4v) is 2.56. The normalized spacial score (nSPS) is 11.7. The monoisotopic (exact) mass is 321 g/mol. The highest BCUT2D eigenvalue weighted by Crippen LogP contribution is 2.20. The summed E-state index contributed by atoms with van der Waals surface area (Å²) in [6.07, 6.45) is 0. The van der Waals surface area contributed by atoms with Crippen LogP contribution >= 0.6 is 10.7 Å². The van der Waals surface area contributed by atoms with Crippen LogP contribution in [0.4, 0.5) is 4.39 Å². The summed E-state index contributed by atoms with van der Waals surface area (Å²) >= 11 is 0. The molecular weight excluding hydrogens is 305 g/mol. The van der Waals surface area contributed by atoms with Crippen LogP contribution in [0.15, 0.2) is 23.1 Å². The van der Waals surface area contributed by atoms with Gasteiger partial charge < -0.3 is 4.90 Å². The Morgan fingerprint density at radius 1 is 1.40 bits per heavy atom. The Morgan fingerprint density at radius 2 is 2.00 bits per heavy atom. The number of hydrogen-bond acceptors (Lipinski definition) is 3. The molecule has 0 radical (unpaired) electrons. The van der Waals surface area contributed by atoms with Gasteiger partial charge in [-0.2, -0.15) is 0 Å². The first kappa shape index (κ1) is 16.9. The molecule has 0 saturated heterocycles. The third-order valence-electron chi connectivity index (χ3n) is 2.70. The number of carbonyl (C=O) groups excluding carboxylic acids is 1. The summed E-state index contributed by atoms with van der Waals surface area (Å²) in [5, 5.41) is 0. The molecule has 0 unspecified atom stereocenters. The van der Waals surface area contributed by atoms with Crippen molar-refractivity contribution in [3.05, 3.63) is 29.6 Å². The molecule has 0 saturated carbocycles. The standard InChI is InChI=1S/C13H17ClFNO3S/c1-4-16(8-9(2)3)13(17)11-7-10(20(14,18)19)5-6-12(11)15/h5-7,9H,4,8H2,1-3H3. The van der Waals surface area contributed by atoms with Gasteiger partial charge in [-0.15, -0.1) is 0 Å². The summed E-state index contributed by atoms with van der Waals surface area (Å²) in [6, 6.07) is 2.95. The minimum Gasteiger partial charge on any atom is -0.339 e. The van der Waals surface area contributed by atoms with Gasteiger partial charge in [0.15, 0.2) is 0 Å². The average molecular weight is 322 g/mol. The van der Waals surface area contributed by atoms with Gasteiger partial charge >= 0.3 is 0 Å². The molecule has 0 aliphatic heterocycles. The van der Waals surface area contributed by atoms with E-state index in [-0.39, 0.29) is 16.4 Å². The maximum Gasteiger partial charge on any atom is 0.261 e. The number of rotatable bonds is 5. The van der Waals surface area contributed by atoms with E-state index < -0.39 is 20.8 Å². The Kier molecular flexibility index (Phi) is 5.53. The lowest BCUT2D eigenvalue weighted by molar-refractivity contribution is 0.0741. The summed E-state index contributed by atoms with van der Waals surface area (Å²) in [5.41, 5.74) is -0.283. The third kappa shape index (κ3) is 4.18. The van der Waals surface area contributed by atoms with E-state index in [9.17, 15) is 17.6 Å². The molecule has 0 aliphatic rings. The Balaban J connectivity index is 3.21. The van der Waals surface area contributed by atoms with E-state index in [1.165, 1.54) is 4.90 Å². The van der Waals surface area contributed by atoms with Crippen molar-refractivity contribution in [1.29, 1.82) is 0 Å². The molecule has 1 amide bonds. The number of benzene rings is 1. The highest BCUT2D eigenvalue weighted by atomic mass is 35.7. The van der Waals surface area contributed by atoms with Gasteiger partial charge in [-0.1, -0.05) is 13.8 Å². The smallest absolute Gasteiger partial charge is 0.261 e. The van der Waals surface area contributed by atoms with Crippen molar-refractivity contribution in [2.45, 2.75) is 25.7 Å². The summed E-state index contributed by atoms with van der Waals surface area (Å²) < 4.78 is 36.3. The number of halogens is 2. The zero-order chi connectivity index (χ0) is 15.5. The van der Waals surface area contributed by atoms with E-state index in [4.69, 9.17) is 10.7 Å². The van der Waals surface area contributed by atoms with Crippen LogP contribution in [0.1, 0.15) is 31.1 Å². The lowest BCUT2D eigenvalue weighted by Crippen LogP contribution is -2.34. The molecular formula is C13H17ClFNO3S. The van der Waals surface area contributed by atoms with Crippen LogP contribution in [0.2, 0.25) is 0 Å². The maximum absolute atomic E-state index is 13.8. The van der Waals surface area contributed by atoms with Crippen LogP contribution in [0.3, 0.4) is 0 Å². The van der Waals surface area contributed by atoms with Crippen molar-refractivity contribution < 1.29 is 17.6 Å². The molecule has 0 bridgehead atoms. The van der Waals surface area contributed by atoms with Crippen LogP contribution < -0.4 is 0 Å². The van der Waals surface area contributed by atoms with Gasteiger partial charge in [-0.3, -0.25) is 4.79 Å². The van der Waals surface area contributed by atoms with E-state index >= 15 is 0 Å². The van der Waals surface area contributed by atoms with Crippen LogP contribution in [-0.4, -0.2) is 32.3 Å². The van der Waals surface area contributed by atoms with Gasteiger partial charge in [0, 0.05) is 23.8 Å². The second-order valence-corrected chi connectivity index (χ2v) is 7.38. The Bertz CT molecular complexity index is 602. The van der Waals surface area contributed by atoms with Crippen molar-refractivity contribution in [1.82, 2.24) is 4.90 Å². The second kappa shape index (κ2) is 6.54. The third-order valence-corrected chi connectivity index (χ3v) is 4.06. The zero-order valence-corrected chi connectivity index (χ0v) is 13.1. The summed E-state index contributed by atoms with van der Waals surface area (Å²) in [6.45, 7) is 6.53. The van der Waals surface area contributed by atoms with Gasteiger partial charge in [0.2, 0.25) is 0 Å². The molecule has 7 heteroatoms. The van der Waals surface area contributed by atoms with Gasteiger partial charge in [-0.05, 0) is 31.0 Å². The summed E-state index contributed by atoms with van der Waals surface area (Å²) in [4.78, 5) is 13.4. The van der Waals surface area contributed by atoms with Crippen molar-refractivity contribution in [3.63, 3.8) is 0 Å². The SMILES string of the molecule is CCN(CC(C)C)C(=O)c1cc(S(=O)(=O)Cl)ccc1F. The molecule has 0 spiro atoms. The van der Waals surface area contributed by atoms with Gasteiger partial charge in [0.05, 0.1) is 10.5 Å². The molecule has 4 nitrogen and oxygen atoms in total. The molecule has 0 aromatic heterocycles. The van der Waals surface area contributed by atoms with Crippen LogP contribution in [0, 0.1) is 11.7 Å². The Hall–Kier alpha value is -1.14. The minimum atomic E-state index is -4.00. The number of carbonyl (C=O) groups is 1. The molecule has 1 aromatic carbocycles. The summed E-state index contributed by atoms with van der Waals surface area (Å²) in [5.74, 6) is -1.08.